The van der Waals surface area contributed by atoms with E-state index in [-0.39, 0.29) is 0 Å². The number of aromatic nitrogens is 1. The van der Waals surface area contributed by atoms with Crippen molar-refractivity contribution >= 4 is 28.2 Å². The maximum absolute atomic E-state index is 10.2. The van der Waals surface area contributed by atoms with Gasteiger partial charge in [-0.2, -0.15) is 0 Å². The van der Waals surface area contributed by atoms with Crippen LogP contribution in [0.25, 0.3) is 11.8 Å². The standard InChI is InChI=1S/C18H24N2OS/c1-18(2,3)12-6-7-13-11(8-12)9-14-16(19-13)22-17(20-14)15(21)10-4-5-10/h9,12-13,19,21H,4-8H2,1-3H3/t12-,13?/m0/s1. The fraction of sp³-hybridized carbons (Fsp3) is 0.611. The highest BCUT2D eigenvalue weighted by Crippen LogP contribution is 2.46. The van der Waals surface area contributed by atoms with E-state index in [4.69, 9.17) is 0 Å². The Morgan fingerprint density at radius 3 is 2.77 bits per heavy atom. The Balaban J connectivity index is 1.63. The van der Waals surface area contributed by atoms with Crippen molar-refractivity contribution in [1.29, 1.82) is 0 Å². The summed E-state index contributed by atoms with van der Waals surface area (Å²) in [6.45, 7) is 7.04. The van der Waals surface area contributed by atoms with Gasteiger partial charge < -0.3 is 10.4 Å². The van der Waals surface area contributed by atoms with Gasteiger partial charge in [0.15, 0.2) is 10.8 Å². The Kier molecular flexibility index (Phi) is 3.16. The molecule has 3 nitrogen and oxygen atoms in total. The fourth-order valence-electron chi connectivity index (χ4n) is 3.56. The highest BCUT2D eigenvalue weighted by Gasteiger charge is 2.35. The zero-order valence-electron chi connectivity index (χ0n) is 13.6. The molecule has 2 saturated carbocycles. The molecule has 2 N–H and O–H groups in total. The second-order valence-corrected chi connectivity index (χ2v) is 8.95. The number of rotatable bonds is 1. The van der Waals surface area contributed by atoms with Crippen LogP contribution in [-0.2, 0) is 0 Å². The van der Waals surface area contributed by atoms with E-state index in [1.54, 1.807) is 11.3 Å². The number of fused-ring (bicyclic) bond motifs is 2. The van der Waals surface area contributed by atoms with Gasteiger partial charge in [0.05, 0.1) is 5.69 Å². The summed E-state index contributed by atoms with van der Waals surface area (Å²) in [4.78, 5) is 4.66. The first-order valence-corrected chi connectivity index (χ1v) is 9.12. The second-order valence-electron chi connectivity index (χ2n) is 7.95. The molecule has 22 heavy (non-hydrogen) atoms. The molecule has 3 aliphatic rings. The first-order valence-electron chi connectivity index (χ1n) is 8.31. The van der Waals surface area contributed by atoms with Gasteiger partial charge in [0.2, 0.25) is 0 Å². The molecule has 0 bridgehead atoms. The number of nitrogens with zero attached hydrogens (tertiary/aromatic N) is 1. The Bertz CT molecular complexity index is 672. The number of allylic oxidation sites excluding steroid dienone is 1. The van der Waals surface area contributed by atoms with Crippen LogP contribution >= 0.6 is 11.3 Å². The topological polar surface area (TPSA) is 45.1 Å². The summed E-state index contributed by atoms with van der Waals surface area (Å²) in [5.74, 6) is 1.17. The molecule has 0 spiro atoms. The number of aliphatic hydroxyl groups is 1. The van der Waals surface area contributed by atoms with Crippen molar-refractivity contribution in [2.24, 2.45) is 11.3 Å². The van der Waals surface area contributed by atoms with Gasteiger partial charge in [-0.15, -0.1) is 0 Å². The third-order valence-electron chi connectivity index (χ3n) is 5.28. The first kappa shape index (κ1) is 14.3. The molecule has 1 aliphatic heterocycles. The Morgan fingerprint density at radius 2 is 2.09 bits per heavy atom. The lowest BCUT2D eigenvalue weighted by atomic mass is 9.69. The molecule has 0 radical (unpaired) electrons. The Hall–Kier alpha value is -1.29. The van der Waals surface area contributed by atoms with E-state index in [9.17, 15) is 5.11 Å². The molecule has 0 saturated heterocycles. The van der Waals surface area contributed by atoms with Crippen LogP contribution in [0.5, 0.6) is 0 Å². The van der Waals surface area contributed by atoms with Crippen molar-refractivity contribution < 1.29 is 5.11 Å². The first-order chi connectivity index (χ1) is 10.4. The summed E-state index contributed by atoms with van der Waals surface area (Å²) in [7, 11) is 0. The number of hydrogen-bond donors (Lipinski definition) is 2. The molecular formula is C18H24N2OS. The summed E-state index contributed by atoms with van der Waals surface area (Å²) >= 11 is 1.60. The van der Waals surface area contributed by atoms with Crippen LogP contribution in [0.1, 0.15) is 63.6 Å². The highest BCUT2D eigenvalue weighted by atomic mass is 32.1. The smallest absolute Gasteiger partial charge is 0.160 e. The van der Waals surface area contributed by atoms with Crippen LogP contribution in [0, 0.1) is 11.3 Å². The van der Waals surface area contributed by atoms with Gasteiger partial charge in [0.1, 0.15) is 5.00 Å². The minimum absolute atomic E-state index is 0.369. The summed E-state index contributed by atoms with van der Waals surface area (Å²) in [6.07, 6.45) is 7.99. The minimum Gasteiger partial charge on any atom is -0.505 e. The number of anilines is 1. The maximum Gasteiger partial charge on any atom is 0.160 e. The molecule has 4 heteroatoms. The van der Waals surface area contributed by atoms with Crippen molar-refractivity contribution in [2.75, 3.05) is 5.32 Å². The second kappa shape index (κ2) is 4.85. The van der Waals surface area contributed by atoms with Gasteiger partial charge in [0.25, 0.3) is 0 Å². The predicted molar refractivity (Wildman–Crippen MR) is 93.1 cm³/mol. The number of thiazole rings is 1. The van der Waals surface area contributed by atoms with Crippen LogP contribution < -0.4 is 5.32 Å². The summed E-state index contributed by atoms with van der Waals surface area (Å²) in [6, 6.07) is 0.468. The molecule has 4 rings (SSSR count). The molecule has 118 valence electrons. The SMILES string of the molecule is CC(C)(C)[C@H]1CCC2Nc3sc(C(O)=C4CC4)nc3C=C2C1. The average molecular weight is 316 g/mol. The summed E-state index contributed by atoms with van der Waals surface area (Å²) in [5, 5.41) is 15.8. The molecular weight excluding hydrogens is 292 g/mol. The van der Waals surface area contributed by atoms with E-state index in [1.807, 2.05) is 0 Å². The molecule has 2 aliphatic carbocycles. The lowest BCUT2D eigenvalue weighted by Crippen LogP contribution is -2.34. The average Bonchev–Trinajstić information content (AvgIpc) is 3.22. The van der Waals surface area contributed by atoms with E-state index in [0.29, 0.717) is 17.2 Å². The molecule has 1 unspecified atom stereocenters. The van der Waals surface area contributed by atoms with Crippen molar-refractivity contribution in [3.63, 3.8) is 0 Å². The third-order valence-corrected chi connectivity index (χ3v) is 6.29. The molecule has 2 fully saturated rings. The Morgan fingerprint density at radius 1 is 1.32 bits per heavy atom. The van der Waals surface area contributed by atoms with Crippen LogP contribution in [-0.4, -0.2) is 16.1 Å². The molecule has 2 atom stereocenters. The Labute approximate surface area is 136 Å². The minimum atomic E-state index is 0.369. The molecule has 0 aromatic carbocycles. The van der Waals surface area contributed by atoms with Gasteiger partial charge in [-0.05, 0) is 60.7 Å². The monoisotopic (exact) mass is 316 g/mol. The van der Waals surface area contributed by atoms with Crippen LogP contribution in [0.2, 0.25) is 0 Å². The summed E-state index contributed by atoms with van der Waals surface area (Å²) < 4.78 is 0. The van der Waals surface area contributed by atoms with E-state index in [1.165, 1.54) is 24.8 Å². The van der Waals surface area contributed by atoms with Crippen LogP contribution in [0.4, 0.5) is 5.00 Å². The van der Waals surface area contributed by atoms with E-state index in [2.05, 4.69) is 37.1 Å². The van der Waals surface area contributed by atoms with Crippen molar-refractivity contribution in [2.45, 2.75) is 58.9 Å². The number of nitrogens with one attached hydrogen (secondary N) is 1. The predicted octanol–water partition coefficient (Wildman–Crippen LogP) is 5.23. The number of aliphatic hydroxyl groups excluding tert-OH is 1. The molecule has 1 aromatic rings. The summed E-state index contributed by atoms with van der Waals surface area (Å²) in [5.41, 5.74) is 4.04. The van der Waals surface area contributed by atoms with Gasteiger partial charge in [-0.3, -0.25) is 0 Å². The van der Waals surface area contributed by atoms with Crippen LogP contribution in [0.15, 0.2) is 11.1 Å². The third kappa shape index (κ3) is 2.47. The zero-order chi connectivity index (χ0) is 15.5. The highest BCUT2D eigenvalue weighted by molar-refractivity contribution is 7.17. The van der Waals surface area contributed by atoms with Crippen molar-refractivity contribution in [3.05, 3.63) is 21.8 Å². The van der Waals surface area contributed by atoms with Gasteiger partial charge >= 0.3 is 0 Å². The largest absolute Gasteiger partial charge is 0.505 e. The lowest BCUT2D eigenvalue weighted by Gasteiger charge is -2.40. The van der Waals surface area contributed by atoms with Crippen LogP contribution in [0.3, 0.4) is 0 Å². The normalized spacial score (nSPS) is 26.7. The number of hydrogen-bond acceptors (Lipinski definition) is 4. The van der Waals surface area contributed by atoms with Gasteiger partial charge in [-0.1, -0.05) is 32.1 Å². The van der Waals surface area contributed by atoms with Gasteiger partial charge in [-0.25, -0.2) is 4.98 Å². The van der Waals surface area contributed by atoms with Crippen molar-refractivity contribution in [3.8, 4) is 0 Å². The fourth-order valence-corrected chi connectivity index (χ4v) is 4.55. The molecule has 0 amide bonds. The lowest BCUT2D eigenvalue weighted by molar-refractivity contribution is 0.200. The zero-order valence-corrected chi connectivity index (χ0v) is 14.4. The van der Waals surface area contributed by atoms with E-state index < -0.39 is 0 Å². The molecule has 1 aromatic heterocycles. The molecule has 2 heterocycles. The van der Waals surface area contributed by atoms with E-state index >= 15 is 0 Å². The van der Waals surface area contributed by atoms with Crippen molar-refractivity contribution in [1.82, 2.24) is 4.98 Å². The quantitative estimate of drug-likeness (QED) is 0.697. The van der Waals surface area contributed by atoms with Gasteiger partial charge in [0, 0.05) is 6.04 Å². The van der Waals surface area contributed by atoms with E-state index in [0.717, 1.165) is 40.0 Å². The maximum atomic E-state index is 10.2.